The standard InChI is InChI=1S/C15H15N3/c1-9-6-13-15(16-8-9)18-14(17-13)12-5-4-10(2)11(3)7-12/h4-8H,1-3H3,(H,16,17,18). The van der Waals surface area contributed by atoms with Crippen molar-refractivity contribution < 1.29 is 0 Å². The van der Waals surface area contributed by atoms with Crippen LogP contribution in [0.1, 0.15) is 16.7 Å². The van der Waals surface area contributed by atoms with E-state index in [-0.39, 0.29) is 0 Å². The Morgan fingerprint density at radius 3 is 2.61 bits per heavy atom. The summed E-state index contributed by atoms with van der Waals surface area (Å²) in [6, 6.07) is 8.43. The summed E-state index contributed by atoms with van der Waals surface area (Å²) in [5.74, 6) is 0.881. The van der Waals surface area contributed by atoms with Crippen molar-refractivity contribution in [2.75, 3.05) is 0 Å². The maximum Gasteiger partial charge on any atom is 0.178 e. The van der Waals surface area contributed by atoms with Crippen LogP contribution in [0.25, 0.3) is 22.6 Å². The van der Waals surface area contributed by atoms with Gasteiger partial charge in [0.2, 0.25) is 0 Å². The Labute approximate surface area is 106 Å². The van der Waals surface area contributed by atoms with Gasteiger partial charge >= 0.3 is 0 Å². The molecule has 0 amide bonds. The molecule has 0 bridgehead atoms. The second-order valence-corrected chi connectivity index (χ2v) is 4.77. The number of rotatable bonds is 1. The first kappa shape index (κ1) is 11.0. The zero-order valence-corrected chi connectivity index (χ0v) is 10.8. The highest BCUT2D eigenvalue weighted by Crippen LogP contribution is 2.22. The van der Waals surface area contributed by atoms with Crippen LogP contribution >= 0.6 is 0 Å². The fraction of sp³-hybridized carbons (Fsp3) is 0.200. The summed E-state index contributed by atoms with van der Waals surface area (Å²) < 4.78 is 0. The van der Waals surface area contributed by atoms with E-state index in [4.69, 9.17) is 0 Å². The minimum Gasteiger partial charge on any atom is -0.337 e. The normalized spacial score (nSPS) is 11.1. The number of H-pyrrole nitrogens is 1. The number of nitrogens with zero attached hydrogens (tertiary/aromatic N) is 2. The molecule has 0 aliphatic rings. The number of aryl methyl sites for hydroxylation is 3. The average Bonchev–Trinajstić information content (AvgIpc) is 2.75. The van der Waals surface area contributed by atoms with Gasteiger partial charge in [0.05, 0.1) is 5.52 Å². The third-order valence-corrected chi connectivity index (χ3v) is 3.25. The van der Waals surface area contributed by atoms with Crippen LogP contribution in [0.5, 0.6) is 0 Å². The predicted octanol–water partition coefficient (Wildman–Crippen LogP) is 3.55. The predicted molar refractivity (Wildman–Crippen MR) is 73.5 cm³/mol. The van der Waals surface area contributed by atoms with Crippen LogP contribution in [0.3, 0.4) is 0 Å². The van der Waals surface area contributed by atoms with Crippen LogP contribution in [-0.4, -0.2) is 15.0 Å². The Hall–Kier alpha value is -2.16. The topological polar surface area (TPSA) is 41.6 Å². The molecule has 3 nitrogen and oxygen atoms in total. The summed E-state index contributed by atoms with van der Waals surface area (Å²) in [5, 5.41) is 0. The minimum absolute atomic E-state index is 0.772. The number of hydrogen-bond donors (Lipinski definition) is 1. The molecule has 2 aromatic heterocycles. The van der Waals surface area contributed by atoms with E-state index >= 15 is 0 Å². The van der Waals surface area contributed by atoms with E-state index in [1.54, 1.807) is 0 Å². The molecule has 0 saturated carbocycles. The van der Waals surface area contributed by atoms with Crippen LogP contribution in [0.4, 0.5) is 0 Å². The number of aromatic amines is 1. The molecule has 0 radical (unpaired) electrons. The molecule has 0 fully saturated rings. The first-order chi connectivity index (χ1) is 8.63. The van der Waals surface area contributed by atoms with Gasteiger partial charge in [-0.15, -0.1) is 0 Å². The van der Waals surface area contributed by atoms with Gasteiger partial charge in [0.1, 0.15) is 5.82 Å². The molecular formula is C15H15N3. The van der Waals surface area contributed by atoms with Crippen LogP contribution in [0.2, 0.25) is 0 Å². The van der Waals surface area contributed by atoms with Gasteiger partial charge in [-0.05, 0) is 49.6 Å². The first-order valence-electron chi connectivity index (χ1n) is 6.03. The van der Waals surface area contributed by atoms with Gasteiger partial charge in [0.25, 0.3) is 0 Å². The van der Waals surface area contributed by atoms with Crippen molar-refractivity contribution in [2.45, 2.75) is 20.8 Å². The lowest BCUT2D eigenvalue weighted by Crippen LogP contribution is -1.85. The van der Waals surface area contributed by atoms with Gasteiger partial charge in [-0.3, -0.25) is 0 Å². The van der Waals surface area contributed by atoms with Crippen molar-refractivity contribution >= 4 is 11.2 Å². The highest BCUT2D eigenvalue weighted by Gasteiger charge is 2.07. The lowest BCUT2D eigenvalue weighted by Gasteiger charge is -2.01. The van der Waals surface area contributed by atoms with Crippen LogP contribution in [0, 0.1) is 20.8 Å². The third kappa shape index (κ3) is 1.78. The molecule has 0 aliphatic carbocycles. The molecule has 1 N–H and O–H groups in total. The summed E-state index contributed by atoms with van der Waals surface area (Å²) in [5.41, 5.74) is 6.57. The van der Waals surface area contributed by atoms with E-state index in [0.717, 1.165) is 28.1 Å². The van der Waals surface area contributed by atoms with Crippen molar-refractivity contribution in [2.24, 2.45) is 0 Å². The number of fused-ring (bicyclic) bond motifs is 1. The molecule has 0 atom stereocenters. The van der Waals surface area contributed by atoms with Crippen LogP contribution in [0.15, 0.2) is 30.5 Å². The second-order valence-electron chi connectivity index (χ2n) is 4.77. The SMILES string of the molecule is Cc1cnc2nc(-c3ccc(C)c(C)c3)[nH]c2c1. The second kappa shape index (κ2) is 3.95. The van der Waals surface area contributed by atoms with Gasteiger partial charge in [0, 0.05) is 11.8 Å². The molecule has 3 heteroatoms. The fourth-order valence-corrected chi connectivity index (χ4v) is 2.03. The molecular weight excluding hydrogens is 222 g/mol. The van der Waals surface area contributed by atoms with Gasteiger partial charge in [-0.2, -0.15) is 0 Å². The number of pyridine rings is 1. The van der Waals surface area contributed by atoms with E-state index in [9.17, 15) is 0 Å². The Bertz CT molecular complexity index is 726. The largest absolute Gasteiger partial charge is 0.337 e. The lowest BCUT2D eigenvalue weighted by molar-refractivity contribution is 1.27. The van der Waals surface area contributed by atoms with Gasteiger partial charge in [0.15, 0.2) is 5.65 Å². The molecule has 0 aliphatic heterocycles. The minimum atomic E-state index is 0.772. The van der Waals surface area contributed by atoms with E-state index < -0.39 is 0 Å². The van der Waals surface area contributed by atoms with Gasteiger partial charge in [-0.25, -0.2) is 9.97 Å². The van der Waals surface area contributed by atoms with Crippen molar-refractivity contribution in [3.63, 3.8) is 0 Å². The maximum absolute atomic E-state index is 4.53. The Morgan fingerprint density at radius 2 is 1.83 bits per heavy atom. The van der Waals surface area contributed by atoms with Crippen LogP contribution in [-0.2, 0) is 0 Å². The van der Waals surface area contributed by atoms with Crippen LogP contribution < -0.4 is 0 Å². The van der Waals surface area contributed by atoms with Gasteiger partial charge < -0.3 is 4.98 Å². The molecule has 18 heavy (non-hydrogen) atoms. The fourth-order valence-electron chi connectivity index (χ4n) is 2.03. The molecule has 0 spiro atoms. The molecule has 2 heterocycles. The van der Waals surface area contributed by atoms with Gasteiger partial charge in [-0.1, -0.05) is 12.1 Å². The Balaban J connectivity index is 2.16. The van der Waals surface area contributed by atoms with Crippen molar-refractivity contribution in [1.82, 2.24) is 15.0 Å². The van der Waals surface area contributed by atoms with E-state index in [1.807, 2.05) is 13.1 Å². The molecule has 3 rings (SSSR count). The van der Waals surface area contributed by atoms with E-state index in [1.165, 1.54) is 11.1 Å². The smallest absolute Gasteiger partial charge is 0.178 e. The summed E-state index contributed by atoms with van der Waals surface area (Å²) in [4.78, 5) is 12.2. The summed E-state index contributed by atoms with van der Waals surface area (Å²) in [6.45, 7) is 6.26. The lowest BCUT2D eigenvalue weighted by atomic mass is 10.1. The number of imidazole rings is 1. The Morgan fingerprint density at radius 1 is 1.00 bits per heavy atom. The van der Waals surface area contributed by atoms with Crippen molar-refractivity contribution in [3.8, 4) is 11.4 Å². The number of hydrogen-bond acceptors (Lipinski definition) is 2. The van der Waals surface area contributed by atoms with Crippen molar-refractivity contribution in [1.29, 1.82) is 0 Å². The van der Waals surface area contributed by atoms with E-state index in [2.05, 4.69) is 53.1 Å². The van der Waals surface area contributed by atoms with E-state index in [0.29, 0.717) is 0 Å². The molecule has 3 aromatic rings. The molecule has 90 valence electrons. The number of nitrogens with one attached hydrogen (secondary N) is 1. The first-order valence-corrected chi connectivity index (χ1v) is 6.03. The molecule has 0 unspecified atom stereocenters. The highest BCUT2D eigenvalue weighted by molar-refractivity contribution is 5.76. The number of aromatic nitrogens is 3. The highest BCUT2D eigenvalue weighted by atomic mass is 15.0. The Kier molecular flexibility index (Phi) is 2.40. The summed E-state index contributed by atoms with van der Waals surface area (Å²) in [7, 11) is 0. The maximum atomic E-state index is 4.53. The third-order valence-electron chi connectivity index (χ3n) is 3.25. The molecule has 0 saturated heterocycles. The van der Waals surface area contributed by atoms with Crippen molar-refractivity contribution in [3.05, 3.63) is 47.2 Å². The molecule has 1 aromatic carbocycles. The number of benzene rings is 1. The zero-order valence-electron chi connectivity index (χ0n) is 10.8. The quantitative estimate of drug-likeness (QED) is 0.703. The summed E-state index contributed by atoms with van der Waals surface area (Å²) >= 11 is 0. The summed E-state index contributed by atoms with van der Waals surface area (Å²) in [6.07, 6.45) is 1.84. The zero-order chi connectivity index (χ0) is 12.7. The monoisotopic (exact) mass is 237 g/mol. The average molecular weight is 237 g/mol.